The largest absolute Gasteiger partial charge is 0.398 e. The third-order valence-corrected chi connectivity index (χ3v) is 2.68. The Morgan fingerprint density at radius 1 is 1.40 bits per heavy atom. The number of nitrogens with zero attached hydrogens (tertiary/aromatic N) is 2. The van der Waals surface area contributed by atoms with E-state index in [9.17, 15) is 0 Å². The van der Waals surface area contributed by atoms with Gasteiger partial charge in [-0.2, -0.15) is 0 Å². The molecule has 0 aliphatic carbocycles. The summed E-state index contributed by atoms with van der Waals surface area (Å²) in [6, 6.07) is 1.77. The van der Waals surface area contributed by atoms with Crippen LogP contribution in [0.1, 0.15) is 20.8 Å². The fourth-order valence-corrected chi connectivity index (χ4v) is 1.93. The first-order valence-electron chi connectivity index (χ1n) is 4.83. The molecule has 15 heavy (non-hydrogen) atoms. The van der Waals surface area contributed by atoms with Crippen LogP contribution in [-0.4, -0.2) is 9.55 Å². The van der Waals surface area contributed by atoms with Crippen molar-refractivity contribution in [2.45, 2.75) is 26.3 Å². The van der Waals surface area contributed by atoms with Crippen LogP contribution in [0.2, 0.25) is 5.02 Å². The van der Waals surface area contributed by atoms with Gasteiger partial charge in [-0.3, -0.25) is 0 Å². The van der Waals surface area contributed by atoms with E-state index in [1.165, 1.54) is 0 Å². The molecule has 0 aromatic carbocycles. The van der Waals surface area contributed by atoms with Gasteiger partial charge in [0.05, 0.1) is 10.4 Å². The molecule has 0 aliphatic rings. The molecule has 2 N–H and O–H groups in total. The molecule has 0 saturated heterocycles. The lowest BCUT2D eigenvalue weighted by Crippen LogP contribution is -2.20. The molecule has 0 fully saturated rings. The number of anilines is 1. The van der Waals surface area contributed by atoms with Crippen LogP contribution in [0.5, 0.6) is 0 Å². The molecule has 0 unspecified atom stereocenters. The van der Waals surface area contributed by atoms with E-state index in [4.69, 9.17) is 17.3 Å². The van der Waals surface area contributed by atoms with Crippen LogP contribution >= 0.6 is 11.6 Å². The number of hydrogen-bond donors (Lipinski definition) is 1. The van der Waals surface area contributed by atoms with Gasteiger partial charge in [0.1, 0.15) is 5.65 Å². The molecule has 0 atom stereocenters. The number of nitrogen functional groups attached to an aromatic ring is 1. The monoisotopic (exact) mass is 223 g/mol. The van der Waals surface area contributed by atoms with E-state index in [1.54, 1.807) is 12.3 Å². The summed E-state index contributed by atoms with van der Waals surface area (Å²) in [6.45, 7) is 6.31. The van der Waals surface area contributed by atoms with E-state index in [1.807, 2.05) is 10.8 Å². The van der Waals surface area contributed by atoms with Gasteiger partial charge in [0.2, 0.25) is 0 Å². The Morgan fingerprint density at radius 3 is 2.67 bits per heavy atom. The second-order valence-electron chi connectivity index (χ2n) is 4.62. The first-order valence-corrected chi connectivity index (χ1v) is 5.20. The number of pyridine rings is 1. The van der Waals surface area contributed by atoms with Gasteiger partial charge >= 0.3 is 0 Å². The number of hydrogen-bond acceptors (Lipinski definition) is 2. The Morgan fingerprint density at radius 2 is 2.07 bits per heavy atom. The Hall–Kier alpha value is -1.22. The molecular formula is C11H14ClN3. The summed E-state index contributed by atoms with van der Waals surface area (Å²) in [4.78, 5) is 4.33. The average Bonchev–Trinajstić information content (AvgIpc) is 2.44. The lowest BCUT2D eigenvalue weighted by molar-refractivity contribution is 0.408. The zero-order valence-corrected chi connectivity index (χ0v) is 9.84. The lowest BCUT2D eigenvalue weighted by atomic mass is 10.1. The number of fused-ring (bicyclic) bond motifs is 1. The minimum atomic E-state index is -0.0494. The van der Waals surface area contributed by atoms with Crippen molar-refractivity contribution in [1.29, 1.82) is 0 Å². The number of rotatable bonds is 0. The van der Waals surface area contributed by atoms with Crippen LogP contribution < -0.4 is 5.73 Å². The van der Waals surface area contributed by atoms with Crippen LogP contribution in [0.25, 0.3) is 11.0 Å². The molecular weight excluding hydrogens is 210 g/mol. The highest BCUT2D eigenvalue weighted by Gasteiger charge is 2.19. The molecule has 2 rings (SSSR count). The highest BCUT2D eigenvalue weighted by molar-refractivity contribution is 6.36. The molecule has 0 saturated carbocycles. The van der Waals surface area contributed by atoms with Crippen molar-refractivity contribution in [3.05, 3.63) is 23.5 Å². The Labute approximate surface area is 93.9 Å². The standard InChI is InChI=1S/C11H14ClN3/c1-11(2,3)15-6-7(12)9-8(13)4-5-14-10(9)15/h4-6H,1-3H3,(H2,13,14). The second kappa shape index (κ2) is 3.14. The second-order valence-corrected chi connectivity index (χ2v) is 5.02. The Bertz CT molecular complexity index is 508. The van der Waals surface area contributed by atoms with Crippen molar-refractivity contribution in [2.75, 3.05) is 5.73 Å². The zero-order chi connectivity index (χ0) is 11.2. The van der Waals surface area contributed by atoms with Crippen molar-refractivity contribution < 1.29 is 0 Å². The van der Waals surface area contributed by atoms with Gasteiger partial charge in [-0.05, 0) is 26.8 Å². The summed E-state index contributed by atoms with van der Waals surface area (Å²) < 4.78 is 2.04. The number of nitrogens with two attached hydrogens (primary N) is 1. The van der Waals surface area contributed by atoms with E-state index in [0.717, 1.165) is 11.0 Å². The quantitative estimate of drug-likeness (QED) is 0.746. The highest BCUT2D eigenvalue weighted by Crippen LogP contribution is 2.32. The van der Waals surface area contributed by atoms with E-state index in [2.05, 4.69) is 25.8 Å². The summed E-state index contributed by atoms with van der Waals surface area (Å²) in [5, 5.41) is 1.50. The van der Waals surface area contributed by atoms with Crippen molar-refractivity contribution in [1.82, 2.24) is 9.55 Å². The van der Waals surface area contributed by atoms with Gasteiger partial charge < -0.3 is 10.3 Å². The van der Waals surface area contributed by atoms with E-state index in [-0.39, 0.29) is 5.54 Å². The zero-order valence-electron chi connectivity index (χ0n) is 9.08. The van der Waals surface area contributed by atoms with E-state index < -0.39 is 0 Å². The van der Waals surface area contributed by atoms with Crippen LogP contribution in [0.15, 0.2) is 18.5 Å². The maximum absolute atomic E-state index is 6.15. The van der Waals surface area contributed by atoms with Gasteiger partial charge in [-0.25, -0.2) is 4.98 Å². The smallest absolute Gasteiger partial charge is 0.143 e. The van der Waals surface area contributed by atoms with E-state index in [0.29, 0.717) is 10.7 Å². The molecule has 0 amide bonds. The minimum Gasteiger partial charge on any atom is -0.398 e. The molecule has 4 heteroatoms. The molecule has 80 valence electrons. The van der Waals surface area contributed by atoms with Gasteiger partial charge in [-0.15, -0.1) is 0 Å². The Kier molecular flexibility index (Phi) is 2.15. The number of halogens is 1. The molecule has 3 nitrogen and oxygen atoms in total. The predicted molar refractivity (Wildman–Crippen MR) is 64.2 cm³/mol. The predicted octanol–water partition coefficient (Wildman–Crippen LogP) is 3.03. The number of aromatic nitrogens is 2. The highest BCUT2D eigenvalue weighted by atomic mass is 35.5. The average molecular weight is 224 g/mol. The van der Waals surface area contributed by atoms with Crippen LogP contribution in [0.4, 0.5) is 5.69 Å². The Balaban J connectivity index is 2.85. The third-order valence-electron chi connectivity index (χ3n) is 2.40. The summed E-state index contributed by atoms with van der Waals surface area (Å²) in [7, 11) is 0. The van der Waals surface area contributed by atoms with Crippen LogP contribution in [0, 0.1) is 0 Å². The molecule has 2 heterocycles. The molecule has 0 bridgehead atoms. The molecule has 0 spiro atoms. The molecule has 2 aromatic heterocycles. The van der Waals surface area contributed by atoms with Crippen molar-refractivity contribution in [2.24, 2.45) is 0 Å². The summed E-state index contributed by atoms with van der Waals surface area (Å²) in [5.41, 5.74) is 7.34. The van der Waals surface area contributed by atoms with Gasteiger partial charge in [-0.1, -0.05) is 11.6 Å². The fraction of sp³-hybridized carbons (Fsp3) is 0.364. The van der Waals surface area contributed by atoms with Gasteiger partial charge in [0.15, 0.2) is 0 Å². The lowest BCUT2D eigenvalue weighted by Gasteiger charge is -2.21. The first kappa shape index (κ1) is 10.3. The summed E-state index contributed by atoms with van der Waals surface area (Å²) in [6.07, 6.45) is 3.59. The SMILES string of the molecule is CC(C)(C)n1cc(Cl)c2c(N)ccnc21. The fourth-order valence-electron chi connectivity index (χ4n) is 1.64. The van der Waals surface area contributed by atoms with Crippen LogP contribution in [0.3, 0.4) is 0 Å². The first-order chi connectivity index (χ1) is 6.91. The van der Waals surface area contributed by atoms with Crippen molar-refractivity contribution in [3.63, 3.8) is 0 Å². The minimum absolute atomic E-state index is 0.0494. The third kappa shape index (κ3) is 1.57. The van der Waals surface area contributed by atoms with Crippen molar-refractivity contribution in [3.8, 4) is 0 Å². The van der Waals surface area contributed by atoms with Crippen LogP contribution in [-0.2, 0) is 5.54 Å². The van der Waals surface area contributed by atoms with Gasteiger partial charge in [0, 0.05) is 23.6 Å². The normalized spacial score (nSPS) is 12.3. The maximum atomic E-state index is 6.15. The summed E-state index contributed by atoms with van der Waals surface area (Å²) >= 11 is 6.15. The molecule has 2 aromatic rings. The summed E-state index contributed by atoms with van der Waals surface area (Å²) in [5.74, 6) is 0. The maximum Gasteiger partial charge on any atom is 0.143 e. The topological polar surface area (TPSA) is 43.8 Å². The molecule has 0 radical (unpaired) electrons. The molecule has 0 aliphatic heterocycles. The van der Waals surface area contributed by atoms with Crippen molar-refractivity contribution >= 4 is 28.3 Å². The van der Waals surface area contributed by atoms with E-state index >= 15 is 0 Å². The van der Waals surface area contributed by atoms with Gasteiger partial charge in [0.25, 0.3) is 0 Å².